The number of rotatable bonds is 6. The molecule has 1 heterocycles. The lowest BCUT2D eigenvalue weighted by Gasteiger charge is -2.19. The summed E-state index contributed by atoms with van der Waals surface area (Å²) in [6.07, 6.45) is -4.81. The second-order valence-electron chi connectivity index (χ2n) is 6.66. The molecule has 0 aromatic heterocycles. The van der Waals surface area contributed by atoms with Crippen molar-refractivity contribution in [3.63, 3.8) is 0 Å². The van der Waals surface area contributed by atoms with E-state index in [1.807, 2.05) is 0 Å². The van der Waals surface area contributed by atoms with Crippen LogP contribution in [0.25, 0.3) is 0 Å². The average molecular weight is 431 g/mol. The minimum atomic E-state index is -4.68. The van der Waals surface area contributed by atoms with Gasteiger partial charge in [0.25, 0.3) is 0 Å². The van der Waals surface area contributed by atoms with Crippen molar-refractivity contribution in [2.75, 3.05) is 19.6 Å². The Labute approximate surface area is 164 Å². The first-order valence-electron chi connectivity index (χ1n) is 8.23. The molecule has 1 unspecified atom stereocenters. The third kappa shape index (κ3) is 6.03. The van der Waals surface area contributed by atoms with Crippen LogP contribution in [0.2, 0.25) is 0 Å². The average Bonchev–Trinajstić information content (AvgIpc) is 2.95. The number of likely N-dealkylation sites (tertiary alicyclic amines) is 1. The van der Waals surface area contributed by atoms with Crippen molar-refractivity contribution in [2.45, 2.75) is 25.6 Å². The van der Waals surface area contributed by atoms with Crippen molar-refractivity contribution in [3.05, 3.63) is 35.4 Å². The molecule has 3 atom stereocenters. The maximum atomic E-state index is 13.6. The highest BCUT2D eigenvalue weighted by Gasteiger charge is 2.52. The first-order chi connectivity index (χ1) is 12.5. The molecule has 0 spiro atoms. The molecule has 5 nitrogen and oxygen atoms in total. The normalized spacial score (nSPS) is 21.1. The molecule has 28 heavy (non-hydrogen) atoms. The maximum Gasteiger partial charge on any atom is 0.393 e. The number of carbonyl (C=O) groups excluding carboxylic acids is 1. The van der Waals surface area contributed by atoms with Gasteiger partial charge in [0.2, 0.25) is 5.91 Å². The minimum Gasteiger partial charge on any atom is -0.481 e. The predicted molar refractivity (Wildman–Crippen MR) is 92.0 cm³/mol. The summed E-state index contributed by atoms with van der Waals surface area (Å²) < 4.78 is 66.1. The van der Waals surface area contributed by atoms with Crippen LogP contribution in [0.5, 0.6) is 0 Å². The zero-order chi connectivity index (χ0) is 20.4. The van der Waals surface area contributed by atoms with E-state index in [-0.39, 0.29) is 24.4 Å². The lowest BCUT2D eigenvalue weighted by Crippen LogP contribution is -2.41. The van der Waals surface area contributed by atoms with Crippen LogP contribution >= 0.6 is 12.4 Å². The van der Waals surface area contributed by atoms with Crippen LogP contribution in [-0.2, 0) is 16.0 Å². The number of halogens is 6. The number of nitrogens with one attached hydrogen (secondary N) is 1. The van der Waals surface area contributed by atoms with Gasteiger partial charge in [0.15, 0.2) is 0 Å². The van der Waals surface area contributed by atoms with Gasteiger partial charge in [-0.2, -0.15) is 13.2 Å². The third-order valence-electron chi connectivity index (χ3n) is 4.48. The van der Waals surface area contributed by atoms with Gasteiger partial charge in [0, 0.05) is 24.7 Å². The van der Waals surface area contributed by atoms with Crippen LogP contribution in [0, 0.1) is 23.5 Å². The molecule has 1 fully saturated rings. The highest BCUT2D eigenvalue weighted by molar-refractivity contribution is 5.85. The minimum absolute atomic E-state index is 0. The van der Waals surface area contributed by atoms with E-state index in [1.54, 1.807) is 0 Å². The van der Waals surface area contributed by atoms with Crippen LogP contribution in [0.1, 0.15) is 12.5 Å². The maximum absolute atomic E-state index is 13.6. The first kappa shape index (κ1) is 24.1. The van der Waals surface area contributed by atoms with Crippen molar-refractivity contribution in [1.82, 2.24) is 10.2 Å². The van der Waals surface area contributed by atoms with Crippen LogP contribution in [0.15, 0.2) is 18.2 Å². The number of amides is 1. The van der Waals surface area contributed by atoms with Gasteiger partial charge in [0.1, 0.15) is 11.6 Å². The molecule has 1 aromatic carbocycles. The van der Waals surface area contributed by atoms with E-state index in [0.29, 0.717) is 0 Å². The molecule has 158 valence electrons. The fraction of sp³-hybridized carbons (Fsp3) is 0.529. The highest BCUT2D eigenvalue weighted by atomic mass is 35.5. The number of aliphatic carboxylic acids is 1. The molecular formula is C17H20ClF5N2O3. The Bertz CT molecular complexity index is 696. The van der Waals surface area contributed by atoms with E-state index in [0.717, 1.165) is 17.0 Å². The Balaban J connectivity index is 0.00000392. The SMILES string of the molecule is CC(Cc1c(F)cccc1F)NC(=O)CN1C[C@@H](C(F)(F)F)[C@H](C(=O)O)C1.Cl. The summed E-state index contributed by atoms with van der Waals surface area (Å²) in [5, 5.41) is 11.4. The molecule has 0 aliphatic carbocycles. The molecule has 11 heteroatoms. The number of alkyl halides is 3. The van der Waals surface area contributed by atoms with E-state index in [4.69, 9.17) is 5.11 Å². The van der Waals surface area contributed by atoms with Gasteiger partial charge in [-0.25, -0.2) is 8.78 Å². The first-order valence-corrected chi connectivity index (χ1v) is 8.23. The molecule has 1 aliphatic heterocycles. The molecular weight excluding hydrogens is 411 g/mol. The van der Waals surface area contributed by atoms with Crippen molar-refractivity contribution < 1.29 is 36.6 Å². The Morgan fingerprint density at radius 1 is 1.25 bits per heavy atom. The van der Waals surface area contributed by atoms with E-state index >= 15 is 0 Å². The van der Waals surface area contributed by atoms with E-state index in [2.05, 4.69) is 5.32 Å². The summed E-state index contributed by atoms with van der Waals surface area (Å²) in [4.78, 5) is 24.2. The van der Waals surface area contributed by atoms with Gasteiger partial charge in [-0.3, -0.25) is 14.5 Å². The Hall–Kier alpha value is -1.94. The second kappa shape index (κ2) is 9.51. The van der Waals surface area contributed by atoms with E-state index in [1.165, 1.54) is 13.0 Å². The lowest BCUT2D eigenvalue weighted by molar-refractivity contribution is -0.188. The van der Waals surface area contributed by atoms with Gasteiger partial charge in [-0.05, 0) is 25.5 Å². The number of nitrogens with zero attached hydrogens (tertiary/aromatic N) is 1. The highest BCUT2D eigenvalue weighted by Crippen LogP contribution is 2.37. The van der Waals surface area contributed by atoms with Gasteiger partial charge in [-0.1, -0.05) is 6.07 Å². The number of hydrogen-bond acceptors (Lipinski definition) is 3. The summed E-state index contributed by atoms with van der Waals surface area (Å²) in [5.74, 6) is -7.41. The fourth-order valence-electron chi connectivity index (χ4n) is 3.20. The largest absolute Gasteiger partial charge is 0.481 e. The predicted octanol–water partition coefficient (Wildman–Crippen LogP) is 2.63. The summed E-state index contributed by atoms with van der Waals surface area (Å²) in [6, 6.07) is 2.71. The Kier molecular flexibility index (Phi) is 8.18. The standard InChI is InChI=1S/C17H19F5N2O3.ClH/c1-9(5-10-13(18)3-2-4-14(10)19)23-15(25)8-24-6-11(16(26)27)12(7-24)17(20,21)22;/h2-4,9,11-12H,5-8H2,1H3,(H,23,25)(H,26,27);1H/t9?,11-,12-;/m1./s1. The fourth-order valence-corrected chi connectivity index (χ4v) is 3.20. The summed E-state index contributed by atoms with van der Waals surface area (Å²) in [5.41, 5.74) is -0.199. The zero-order valence-electron chi connectivity index (χ0n) is 14.8. The molecule has 0 radical (unpaired) electrons. The molecule has 0 saturated carbocycles. The number of carboxylic acid groups (broad SMARTS) is 1. The number of carbonyl (C=O) groups is 2. The van der Waals surface area contributed by atoms with Crippen LogP contribution < -0.4 is 5.32 Å². The summed E-state index contributed by atoms with van der Waals surface area (Å²) in [7, 11) is 0. The third-order valence-corrected chi connectivity index (χ3v) is 4.48. The van der Waals surface area contributed by atoms with Crippen molar-refractivity contribution in [3.8, 4) is 0 Å². The molecule has 2 N–H and O–H groups in total. The molecule has 1 amide bonds. The molecule has 1 saturated heterocycles. The van der Waals surface area contributed by atoms with Gasteiger partial charge < -0.3 is 10.4 Å². The topological polar surface area (TPSA) is 69.6 Å². The molecule has 2 rings (SSSR count). The monoisotopic (exact) mass is 430 g/mol. The number of carboxylic acids is 1. The van der Waals surface area contributed by atoms with E-state index < -0.39 is 67.2 Å². The Morgan fingerprint density at radius 3 is 2.29 bits per heavy atom. The van der Waals surface area contributed by atoms with E-state index in [9.17, 15) is 31.5 Å². The quantitative estimate of drug-likeness (QED) is 0.681. The van der Waals surface area contributed by atoms with Crippen molar-refractivity contribution >= 4 is 24.3 Å². The Morgan fingerprint density at radius 2 is 1.82 bits per heavy atom. The molecule has 0 bridgehead atoms. The summed E-state index contributed by atoms with van der Waals surface area (Å²) in [6.45, 7) is 0.0836. The number of hydrogen-bond donors (Lipinski definition) is 2. The van der Waals surface area contributed by atoms with Crippen LogP contribution in [0.3, 0.4) is 0 Å². The van der Waals surface area contributed by atoms with Crippen LogP contribution in [-0.4, -0.2) is 53.7 Å². The lowest BCUT2D eigenvalue weighted by atomic mass is 9.96. The van der Waals surface area contributed by atoms with Gasteiger partial charge >= 0.3 is 12.1 Å². The van der Waals surface area contributed by atoms with Gasteiger partial charge in [0.05, 0.1) is 18.4 Å². The van der Waals surface area contributed by atoms with Gasteiger partial charge in [-0.15, -0.1) is 12.4 Å². The summed E-state index contributed by atoms with van der Waals surface area (Å²) >= 11 is 0. The molecule has 1 aromatic rings. The second-order valence-corrected chi connectivity index (χ2v) is 6.66. The van der Waals surface area contributed by atoms with Crippen LogP contribution in [0.4, 0.5) is 22.0 Å². The van der Waals surface area contributed by atoms with Crippen molar-refractivity contribution in [2.24, 2.45) is 11.8 Å². The zero-order valence-corrected chi connectivity index (χ0v) is 15.6. The smallest absolute Gasteiger partial charge is 0.393 e. The number of benzene rings is 1. The molecule has 1 aliphatic rings. The van der Waals surface area contributed by atoms with Crippen molar-refractivity contribution in [1.29, 1.82) is 0 Å².